The van der Waals surface area contributed by atoms with Crippen molar-refractivity contribution >= 4 is 0 Å². The van der Waals surface area contributed by atoms with Gasteiger partial charge in [0.15, 0.2) is 0 Å². The molecule has 19 heavy (non-hydrogen) atoms. The Morgan fingerprint density at radius 3 is 2.63 bits per heavy atom. The first-order valence-corrected chi connectivity index (χ1v) is 6.68. The molecule has 1 heterocycles. The summed E-state index contributed by atoms with van der Waals surface area (Å²) in [6, 6.07) is 7.73. The number of ether oxygens (including phenoxy) is 1. The van der Waals surface area contributed by atoms with Gasteiger partial charge >= 0.3 is 0 Å². The Kier molecular flexibility index (Phi) is 4.58. The van der Waals surface area contributed by atoms with Gasteiger partial charge in [-0.3, -0.25) is 0 Å². The maximum atomic E-state index is 6.21. The summed E-state index contributed by atoms with van der Waals surface area (Å²) in [5, 5.41) is 0. The van der Waals surface area contributed by atoms with E-state index in [9.17, 15) is 0 Å². The molecule has 0 spiro atoms. The molecule has 1 unspecified atom stereocenters. The third-order valence-electron chi connectivity index (χ3n) is 3.14. The monoisotopic (exact) mass is 259 g/mol. The van der Waals surface area contributed by atoms with Crippen LogP contribution < -0.4 is 10.5 Å². The number of benzene rings is 1. The molecular formula is C15H21N3O. The Morgan fingerprint density at radius 1 is 1.32 bits per heavy atom. The Balaban J connectivity index is 2.04. The number of nitrogens with two attached hydrogens (primary N) is 1. The highest BCUT2D eigenvalue weighted by Gasteiger charge is 2.13. The van der Waals surface area contributed by atoms with Crippen molar-refractivity contribution in [2.45, 2.75) is 25.8 Å². The lowest BCUT2D eigenvalue weighted by Crippen LogP contribution is -2.16. The minimum absolute atomic E-state index is 0.204. The minimum atomic E-state index is -0.204. The van der Waals surface area contributed by atoms with Crippen LogP contribution in [0.3, 0.4) is 0 Å². The predicted molar refractivity (Wildman–Crippen MR) is 76.1 cm³/mol. The summed E-state index contributed by atoms with van der Waals surface area (Å²) in [5.74, 6) is 1.75. The van der Waals surface area contributed by atoms with Gasteiger partial charge in [0.2, 0.25) is 0 Å². The molecule has 1 aromatic carbocycles. The molecule has 0 bridgehead atoms. The van der Waals surface area contributed by atoms with E-state index in [-0.39, 0.29) is 6.04 Å². The minimum Gasteiger partial charge on any atom is -0.494 e. The zero-order valence-corrected chi connectivity index (χ0v) is 11.5. The lowest BCUT2D eigenvalue weighted by atomic mass is 10.1. The molecule has 0 saturated heterocycles. The quantitative estimate of drug-likeness (QED) is 0.811. The van der Waals surface area contributed by atoms with Crippen LogP contribution in [0.15, 0.2) is 36.7 Å². The topological polar surface area (TPSA) is 53.1 Å². The van der Waals surface area contributed by atoms with Crippen LogP contribution in [-0.4, -0.2) is 16.2 Å². The molecular weight excluding hydrogens is 238 g/mol. The second-order valence-electron chi connectivity index (χ2n) is 4.65. The van der Waals surface area contributed by atoms with E-state index in [1.807, 2.05) is 42.1 Å². The van der Waals surface area contributed by atoms with Crippen LogP contribution in [0.5, 0.6) is 5.75 Å². The number of hydrogen-bond donors (Lipinski definition) is 1. The molecule has 0 fully saturated rings. The van der Waals surface area contributed by atoms with Crippen molar-refractivity contribution < 1.29 is 4.74 Å². The summed E-state index contributed by atoms with van der Waals surface area (Å²) in [7, 11) is 1.95. The molecule has 0 saturated carbocycles. The number of aromatic nitrogens is 2. The van der Waals surface area contributed by atoms with Crippen LogP contribution in [-0.2, 0) is 7.05 Å². The SMILES string of the molecule is CCCCOc1ccc(C(N)c2nccn2C)cc1. The predicted octanol–water partition coefficient (Wildman–Crippen LogP) is 2.65. The fourth-order valence-electron chi connectivity index (χ4n) is 1.93. The van der Waals surface area contributed by atoms with E-state index in [1.165, 1.54) is 0 Å². The second kappa shape index (κ2) is 6.38. The van der Waals surface area contributed by atoms with Gasteiger partial charge in [0.1, 0.15) is 11.6 Å². The summed E-state index contributed by atoms with van der Waals surface area (Å²) < 4.78 is 7.57. The molecule has 4 nitrogen and oxygen atoms in total. The number of unbranched alkanes of at least 4 members (excludes halogenated alkanes) is 1. The number of imidazole rings is 1. The van der Waals surface area contributed by atoms with Crippen molar-refractivity contribution in [1.29, 1.82) is 0 Å². The maximum Gasteiger partial charge on any atom is 0.129 e. The van der Waals surface area contributed by atoms with E-state index in [2.05, 4.69) is 11.9 Å². The third-order valence-corrected chi connectivity index (χ3v) is 3.14. The van der Waals surface area contributed by atoms with Crippen LogP contribution in [0.25, 0.3) is 0 Å². The third kappa shape index (κ3) is 3.35. The molecule has 0 aliphatic rings. The first-order valence-electron chi connectivity index (χ1n) is 6.68. The molecule has 4 heteroatoms. The molecule has 2 N–H and O–H groups in total. The fourth-order valence-corrected chi connectivity index (χ4v) is 1.93. The van der Waals surface area contributed by atoms with Crippen molar-refractivity contribution in [1.82, 2.24) is 9.55 Å². The zero-order valence-electron chi connectivity index (χ0n) is 11.5. The summed E-state index contributed by atoms with van der Waals surface area (Å²) in [4.78, 5) is 4.28. The van der Waals surface area contributed by atoms with E-state index in [0.717, 1.165) is 36.6 Å². The first kappa shape index (κ1) is 13.6. The number of aryl methyl sites for hydroxylation is 1. The fraction of sp³-hybridized carbons (Fsp3) is 0.400. The van der Waals surface area contributed by atoms with Gasteiger partial charge in [-0.1, -0.05) is 25.5 Å². The molecule has 0 aliphatic heterocycles. The van der Waals surface area contributed by atoms with Gasteiger partial charge in [-0.2, -0.15) is 0 Å². The lowest BCUT2D eigenvalue weighted by molar-refractivity contribution is 0.309. The Morgan fingerprint density at radius 2 is 2.05 bits per heavy atom. The molecule has 0 aliphatic carbocycles. The van der Waals surface area contributed by atoms with Crippen molar-refractivity contribution in [3.05, 3.63) is 48.0 Å². The van der Waals surface area contributed by atoms with Crippen molar-refractivity contribution in [2.75, 3.05) is 6.61 Å². The van der Waals surface area contributed by atoms with Crippen molar-refractivity contribution in [2.24, 2.45) is 12.8 Å². The standard InChI is InChI=1S/C15H21N3O/c1-3-4-11-19-13-7-5-12(6-8-13)14(16)15-17-9-10-18(15)2/h5-10,14H,3-4,11,16H2,1-2H3. The summed E-state index contributed by atoms with van der Waals surface area (Å²) >= 11 is 0. The summed E-state index contributed by atoms with van der Waals surface area (Å²) in [6.07, 6.45) is 5.88. The van der Waals surface area contributed by atoms with Gasteiger partial charge in [0, 0.05) is 19.4 Å². The lowest BCUT2D eigenvalue weighted by Gasteiger charge is -2.13. The van der Waals surface area contributed by atoms with Crippen LogP contribution in [0.2, 0.25) is 0 Å². The van der Waals surface area contributed by atoms with Gasteiger partial charge < -0.3 is 15.0 Å². The van der Waals surface area contributed by atoms with E-state index in [0.29, 0.717) is 0 Å². The largest absolute Gasteiger partial charge is 0.494 e. The Labute approximate surface area is 114 Å². The Hall–Kier alpha value is -1.81. The number of nitrogens with zero attached hydrogens (tertiary/aromatic N) is 2. The molecule has 0 radical (unpaired) electrons. The molecule has 2 rings (SSSR count). The van der Waals surface area contributed by atoms with Crippen LogP contribution in [0.4, 0.5) is 0 Å². The highest BCUT2D eigenvalue weighted by Crippen LogP contribution is 2.20. The van der Waals surface area contributed by atoms with Crippen LogP contribution in [0.1, 0.15) is 37.2 Å². The van der Waals surface area contributed by atoms with Gasteiger partial charge in [0.05, 0.1) is 12.6 Å². The highest BCUT2D eigenvalue weighted by molar-refractivity contribution is 5.31. The number of hydrogen-bond acceptors (Lipinski definition) is 3. The smallest absolute Gasteiger partial charge is 0.129 e. The van der Waals surface area contributed by atoms with Crippen LogP contribution >= 0.6 is 0 Å². The number of rotatable bonds is 6. The average Bonchev–Trinajstić information content (AvgIpc) is 2.85. The van der Waals surface area contributed by atoms with Gasteiger partial charge in [0.25, 0.3) is 0 Å². The van der Waals surface area contributed by atoms with E-state index >= 15 is 0 Å². The van der Waals surface area contributed by atoms with Crippen molar-refractivity contribution in [3.63, 3.8) is 0 Å². The van der Waals surface area contributed by atoms with Crippen LogP contribution in [0, 0.1) is 0 Å². The van der Waals surface area contributed by atoms with Gasteiger partial charge in [-0.25, -0.2) is 4.98 Å². The molecule has 2 aromatic rings. The normalized spacial score (nSPS) is 12.4. The zero-order chi connectivity index (χ0) is 13.7. The average molecular weight is 259 g/mol. The second-order valence-corrected chi connectivity index (χ2v) is 4.65. The van der Waals surface area contributed by atoms with Gasteiger partial charge in [-0.15, -0.1) is 0 Å². The van der Waals surface area contributed by atoms with Gasteiger partial charge in [-0.05, 0) is 24.1 Å². The Bertz CT molecular complexity index is 504. The molecule has 0 amide bonds. The summed E-state index contributed by atoms with van der Waals surface area (Å²) in [6.45, 7) is 2.92. The molecule has 1 aromatic heterocycles. The molecule has 102 valence electrons. The van der Waals surface area contributed by atoms with E-state index in [1.54, 1.807) is 6.20 Å². The maximum absolute atomic E-state index is 6.21. The summed E-state index contributed by atoms with van der Waals surface area (Å²) in [5.41, 5.74) is 7.25. The first-order chi connectivity index (χ1) is 9.22. The molecule has 1 atom stereocenters. The van der Waals surface area contributed by atoms with E-state index in [4.69, 9.17) is 10.5 Å². The van der Waals surface area contributed by atoms with E-state index < -0.39 is 0 Å². The highest BCUT2D eigenvalue weighted by atomic mass is 16.5. The van der Waals surface area contributed by atoms with Crippen molar-refractivity contribution in [3.8, 4) is 5.75 Å².